The molecule has 0 saturated carbocycles. The number of anilines is 1. The summed E-state index contributed by atoms with van der Waals surface area (Å²) in [6, 6.07) is 3.21. The number of hydrogen-bond donors (Lipinski definition) is 3. The Kier molecular flexibility index (Phi) is 4.23. The lowest BCUT2D eigenvalue weighted by atomic mass is 10.2. The van der Waals surface area contributed by atoms with Gasteiger partial charge in [0.05, 0.1) is 23.3 Å². The number of amides is 1. The number of ether oxygens (including phenoxy) is 1. The van der Waals surface area contributed by atoms with Gasteiger partial charge in [0, 0.05) is 6.07 Å². The second-order valence-corrected chi connectivity index (χ2v) is 2.94. The normalized spacial score (nSPS) is 9.71. The third-order valence-electron chi connectivity index (χ3n) is 1.75. The summed E-state index contributed by atoms with van der Waals surface area (Å²) in [5.74, 6) is -0.444. The molecule has 0 aliphatic heterocycles. The van der Waals surface area contributed by atoms with Crippen molar-refractivity contribution in [2.45, 2.75) is 0 Å². The first-order valence-corrected chi connectivity index (χ1v) is 4.56. The first-order valence-electron chi connectivity index (χ1n) is 4.56. The largest absolute Gasteiger partial charge is 0.506 e. The highest BCUT2D eigenvalue weighted by Crippen LogP contribution is 2.27. The van der Waals surface area contributed by atoms with E-state index in [4.69, 9.17) is 5.11 Å². The van der Waals surface area contributed by atoms with Crippen molar-refractivity contribution in [3.05, 3.63) is 28.3 Å². The molecular weight excluding hydrogens is 232 g/mol. The SMILES string of the molecule is O=C(Nc1ccc([N+](=O)[O-])cc1O)OCCO. The Morgan fingerprint density at radius 2 is 2.24 bits per heavy atom. The highest BCUT2D eigenvalue weighted by molar-refractivity contribution is 5.86. The van der Waals surface area contributed by atoms with Crippen LogP contribution in [0, 0.1) is 10.1 Å². The van der Waals surface area contributed by atoms with Crippen LogP contribution >= 0.6 is 0 Å². The van der Waals surface area contributed by atoms with E-state index in [0.29, 0.717) is 0 Å². The highest BCUT2D eigenvalue weighted by Gasteiger charge is 2.12. The standard InChI is InChI=1S/C9H10N2O6/c12-3-4-17-9(14)10-7-2-1-6(11(15)16)5-8(7)13/h1-2,5,12-13H,3-4H2,(H,10,14). The van der Waals surface area contributed by atoms with Gasteiger partial charge in [0.25, 0.3) is 5.69 Å². The van der Waals surface area contributed by atoms with Crippen LogP contribution in [0.25, 0.3) is 0 Å². The van der Waals surface area contributed by atoms with Crippen molar-refractivity contribution in [3.63, 3.8) is 0 Å². The van der Waals surface area contributed by atoms with Crippen molar-refractivity contribution in [2.75, 3.05) is 18.5 Å². The van der Waals surface area contributed by atoms with E-state index in [0.717, 1.165) is 12.1 Å². The molecule has 0 heterocycles. The van der Waals surface area contributed by atoms with Gasteiger partial charge in [0.15, 0.2) is 0 Å². The second kappa shape index (κ2) is 5.66. The van der Waals surface area contributed by atoms with Gasteiger partial charge in [0.2, 0.25) is 0 Å². The highest BCUT2D eigenvalue weighted by atomic mass is 16.6. The fraction of sp³-hybridized carbons (Fsp3) is 0.222. The van der Waals surface area contributed by atoms with E-state index < -0.39 is 16.8 Å². The van der Waals surface area contributed by atoms with E-state index in [-0.39, 0.29) is 24.6 Å². The molecule has 0 aliphatic carbocycles. The van der Waals surface area contributed by atoms with E-state index >= 15 is 0 Å². The summed E-state index contributed by atoms with van der Waals surface area (Å²) in [4.78, 5) is 20.8. The molecule has 8 nitrogen and oxygen atoms in total. The number of non-ortho nitro benzene ring substituents is 1. The smallest absolute Gasteiger partial charge is 0.411 e. The third-order valence-corrected chi connectivity index (χ3v) is 1.75. The van der Waals surface area contributed by atoms with Crippen LogP contribution in [0.3, 0.4) is 0 Å². The molecule has 0 aromatic heterocycles. The van der Waals surface area contributed by atoms with Gasteiger partial charge in [-0.2, -0.15) is 0 Å². The number of hydrogen-bond acceptors (Lipinski definition) is 6. The van der Waals surface area contributed by atoms with Gasteiger partial charge in [-0.25, -0.2) is 4.79 Å². The zero-order valence-electron chi connectivity index (χ0n) is 8.62. The lowest BCUT2D eigenvalue weighted by molar-refractivity contribution is -0.384. The quantitative estimate of drug-likeness (QED) is 0.408. The molecule has 8 heteroatoms. The van der Waals surface area contributed by atoms with Crippen molar-refractivity contribution in [1.29, 1.82) is 0 Å². The summed E-state index contributed by atoms with van der Waals surface area (Å²) in [6.45, 7) is -0.501. The molecule has 0 radical (unpaired) electrons. The molecule has 0 atom stereocenters. The Morgan fingerprint density at radius 3 is 2.76 bits per heavy atom. The summed E-state index contributed by atoms with van der Waals surface area (Å²) >= 11 is 0. The predicted octanol–water partition coefficient (Wildman–Crippen LogP) is 0.841. The molecular formula is C9H10N2O6. The number of phenolic OH excluding ortho intramolecular Hbond substituents is 1. The summed E-state index contributed by atoms with van der Waals surface area (Å²) < 4.78 is 4.48. The zero-order chi connectivity index (χ0) is 12.8. The van der Waals surface area contributed by atoms with Crippen LogP contribution in [0.5, 0.6) is 5.75 Å². The molecule has 0 unspecified atom stereocenters. The van der Waals surface area contributed by atoms with Crippen LogP contribution in [-0.2, 0) is 4.74 Å². The third kappa shape index (κ3) is 3.61. The number of nitro benzene ring substituents is 1. The van der Waals surface area contributed by atoms with Crippen molar-refractivity contribution < 1.29 is 24.7 Å². The number of rotatable bonds is 4. The van der Waals surface area contributed by atoms with E-state index in [1.54, 1.807) is 0 Å². The molecule has 0 aliphatic rings. The molecule has 92 valence electrons. The molecule has 3 N–H and O–H groups in total. The Labute approximate surface area is 95.6 Å². The van der Waals surface area contributed by atoms with Crippen molar-refractivity contribution in [1.82, 2.24) is 0 Å². The summed E-state index contributed by atoms with van der Waals surface area (Å²) in [5.41, 5.74) is -0.310. The van der Waals surface area contributed by atoms with E-state index in [1.807, 2.05) is 0 Å². The predicted molar refractivity (Wildman–Crippen MR) is 56.8 cm³/mol. The molecule has 1 amide bonds. The number of nitro groups is 1. The Morgan fingerprint density at radius 1 is 1.53 bits per heavy atom. The molecule has 0 bridgehead atoms. The molecule has 1 aromatic rings. The monoisotopic (exact) mass is 242 g/mol. The van der Waals surface area contributed by atoms with Gasteiger partial charge in [0.1, 0.15) is 12.4 Å². The van der Waals surface area contributed by atoms with Gasteiger partial charge in [-0.1, -0.05) is 0 Å². The summed E-state index contributed by atoms with van der Waals surface area (Å²) in [6.07, 6.45) is -0.872. The van der Waals surface area contributed by atoms with Crippen LogP contribution < -0.4 is 5.32 Å². The van der Waals surface area contributed by atoms with Crippen LogP contribution in [0.1, 0.15) is 0 Å². The Hall–Kier alpha value is -2.35. The topological polar surface area (TPSA) is 122 Å². The van der Waals surface area contributed by atoms with Crippen LogP contribution in [-0.4, -0.2) is 34.4 Å². The fourth-order valence-corrected chi connectivity index (χ4v) is 1.02. The fourth-order valence-electron chi connectivity index (χ4n) is 1.02. The van der Waals surface area contributed by atoms with Gasteiger partial charge in [-0.3, -0.25) is 15.4 Å². The number of carbonyl (C=O) groups is 1. The molecule has 17 heavy (non-hydrogen) atoms. The average molecular weight is 242 g/mol. The van der Waals surface area contributed by atoms with E-state index in [1.165, 1.54) is 6.07 Å². The number of aliphatic hydroxyl groups excluding tert-OH is 1. The minimum atomic E-state index is -0.872. The lowest BCUT2D eigenvalue weighted by Gasteiger charge is -2.07. The average Bonchev–Trinajstić information content (AvgIpc) is 2.28. The summed E-state index contributed by atoms with van der Waals surface area (Å²) in [5, 5.41) is 30.3. The van der Waals surface area contributed by atoms with E-state index in [9.17, 15) is 20.0 Å². The van der Waals surface area contributed by atoms with Crippen LogP contribution in [0.4, 0.5) is 16.2 Å². The number of aliphatic hydroxyl groups is 1. The minimum Gasteiger partial charge on any atom is -0.506 e. The molecule has 0 saturated heterocycles. The first kappa shape index (κ1) is 12.7. The minimum absolute atomic E-state index is 0.0152. The van der Waals surface area contributed by atoms with Crippen LogP contribution in [0.15, 0.2) is 18.2 Å². The van der Waals surface area contributed by atoms with Crippen LogP contribution in [0.2, 0.25) is 0 Å². The number of benzene rings is 1. The molecule has 0 fully saturated rings. The molecule has 1 rings (SSSR count). The summed E-state index contributed by atoms with van der Waals surface area (Å²) in [7, 11) is 0. The molecule has 1 aromatic carbocycles. The number of nitrogens with one attached hydrogen (secondary N) is 1. The first-order chi connectivity index (χ1) is 8.04. The maximum Gasteiger partial charge on any atom is 0.411 e. The Bertz CT molecular complexity index is 433. The maximum absolute atomic E-state index is 11.1. The maximum atomic E-state index is 11.1. The van der Waals surface area contributed by atoms with Crippen molar-refractivity contribution >= 4 is 17.5 Å². The number of aromatic hydroxyl groups is 1. The zero-order valence-corrected chi connectivity index (χ0v) is 8.62. The molecule has 0 spiro atoms. The van der Waals surface area contributed by atoms with Gasteiger partial charge in [-0.05, 0) is 6.07 Å². The van der Waals surface area contributed by atoms with Crippen molar-refractivity contribution in [3.8, 4) is 5.75 Å². The lowest BCUT2D eigenvalue weighted by Crippen LogP contribution is -2.15. The van der Waals surface area contributed by atoms with Gasteiger partial charge in [-0.15, -0.1) is 0 Å². The van der Waals surface area contributed by atoms with Gasteiger partial charge >= 0.3 is 6.09 Å². The van der Waals surface area contributed by atoms with E-state index in [2.05, 4.69) is 10.1 Å². The second-order valence-electron chi connectivity index (χ2n) is 2.94. The Balaban J connectivity index is 2.72. The van der Waals surface area contributed by atoms with Gasteiger partial charge < -0.3 is 14.9 Å². The number of nitrogens with zero attached hydrogens (tertiary/aromatic N) is 1. The van der Waals surface area contributed by atoms with Crippen molar-refractivity contribution in [2.24, 2.45) is 0 Å². The number of phenols is 1. The number of carbonyl (C=O) groups excluding carboxylic acids is 1.